The predicted molar refractivity (Wildman–Crippen MR) is 101 cm³/mol. The lowest BCUT2D eigenvalue weighted by Gasteiger charge is -2.26. The zero-order chi connectivity index (χ0) is 18.2. The largest absolute Gasteiger partial charge is 0.378 e. The van der Waals surface area contributed by atoms with E-state index in [0.29, 0.717) is 39.1 Å². The van der Waals surface area contributed by atoms with Crippen LogP contribution in [0.15, 0.2) is 54.6 Å². The lowest BCUT2D eigenvalue weighted by molar-refractivity contribution is -0.134. The summed E-state index contributed by atoms with van der Waals surface area (Å²) in [6, 6.07) is 17.4. The molecule has 5 nitrogen and oxygen atoms in total. The number of ether oxygens (including phenoxy) is 1. The van der Waals surface area contributed by atoms with Gasteiger partial charge < -0.3 is 15.0 Å². The molecule has 0 saturated carbocycles. The molecule has 1 saturated heterocycles. The van der Waals surface area contributed by atoms with Crippen LogP contribution in [-0.4, -0.2) is 43.0 Å². The SMILES string of the molecule is O=C(CCc1ccccc1)Nc1ccc(CC(=O)N2CCOCC2)cc1. The molecule has 5 heteroatoms. The first kappa shape index (κ1) is 18.1. The molecule has 0 aromatic heterocycles. The van der Waals surface area contributed by atoms with Crippen molar-refractivity contribution in [2.45, 2.75) is 19.3 Å². The summed E-state index contributed by atoms with van der Waals surface area (Å²) in [6.45, 7) is 2.54. The van der Waals surface area contributed by atoms with Gasteiger partial charge >= 0.3 is 0 Å². The molecule has 2 amide bonds. The fraction of sp³-hybridized carbons (Fsp3) is 0.333. The Labute approximate surface area is 154 Å². The summed E-state index contributed by atoms with van der Waals surface area (Å²) in [4.78, 5) is 26.2. The lowest BCUT2D eigenvalue weighted by Crippen LogP contribution is -2.41. The predicted octanol–water partition coefficient (Wildman–Crippen LogP) is 2.66. The van der Waals surface area contributed by atoms with Crippen molar-refractivity contribution in [3.63, 3.8) is 0 Å². The number of aryl methyl sites for hydroxylation is 1. The van der Waals surface area contributed by atoms with Crippen LogP contribution >= 0.6 is 0 Å². The van der Waals surface area contributed by atoms with Gasteiger partial charge in [0.05, 0.1) is 19.6 Å². The van der Waals surface area contributed by atoms with Crippen molar-refractivity contribution in [3.05, 3.63) is 65.7 Å². The summed E-state index contributed by atoms with van der Waals surface area (Å²) in [5, 5.41) is 2.91. The van der Waals surface area contributed by atoms with Crippen LogP contribution in [0.5, 0.6) is 0 Å². The number of morpholine rings is 1. The van der Waals surface area contributed by atoms with Crippen LogP contribution in [0.1, 0.15) is 17.5 Å². The van der Waals surface area contributed by atoms with Gasteiger partial charge in [0, 0.05) is 25.2 Å². The maximum atomic E-state index is 12.3. The summed E-state index contributed by atoms with van der Waals surface area (Å²) < 4.78 is 5.27. The Kier molecular flexibility index (Phi) is 6.39. The third-order valence-electron chi connectivity index (χ3n) is 4.44. The molecular formula is C21H24N2O3. The van der Waals surface area contributed by atoms with Crippen LogP contribution < -0.4 is 5.32 Å². The van der Waals surface area contributed by atoms with E-state index in [0.717, 1.165) is 23.2 Å². The van der Waals surface area contributed by atoms with Gasteiger partial charge in [-0.05, 0) is 29.7 Å². The molecule has 1 N–H and O–H groups in total. The molecule has 0 atom stereocenters. The van der Waals surface area contributed by atoms with E-state index in [4.69, 9.17) is 4.74 Å². The van der Waals surface area contributed by atoms with E-state index in [9.17, 15) is 9.59 Å². The monoisotopic (exact) mass is 352 g/mol. The number of rotatable bonds is 6. The third kappa shape index (κ3) is 5.43. The molecule has 0 unspecified atom stereocenters. The van der Waals surface area contributed by atoms with Crippen LogP contribution in [0, 0.1) is 0 Å². The summed E-state index contributed by atoms with van der Waals surface area (Å²) in [6.07, 6.45) is 1.54. The van der Waals surface area contributed by atoms with E-state index in [1.165, 1.54) is 0 Å². The van der Waals surface area contributed by atoms with Crippen LogP contribution in [0.25, 0.3) is 0 Å². The number of anilines is 1. The summed E-state index contributed by atoms with van der Waals surface area (Å²) in [5.74, 6) is 0.110. The second-order valence-corrected chi connectivity index (χ2v) is 6.40. The van der Waals surface area contributed by atoms with Gasteiger partial charge in [-0.15, -0.1) is 0 Å². The topological polar surface area (TPSA) is 58.6 Å². The summed E-state index contributed by atoms with van der Waals surface area (Å²) >= 11 is 0. The summed E-state index contributed by atoms with van der Waals surface area (Å²) in [5.41, 5.74) is 2.86. The highest BCUT2D eigenvalue weighted by atomic mass is 16.5. The van der Waals surface area contributed by atoms with Gasteiger partial charge in [-0.3, -0.25) is 9.59 Å². The highest BCUT2D eigenvalue weighted by Crippen LogP contribution is 2.12. The second kappa shape index (κ2) is 9.15. The fourth-order valence-corrected chi connectivity index (χ4v) is 2.93. The van der Waals surface area contributed by atoms with Gasteiger partial charge in [-0.25, -0.2) is 0 Å². The molecule has 0 aliphatic carbocycles. The van der Waals surface area contributed by atoms with Crippen molar-refractivity contribution in [2.75, 3.05) is 31.6 Å². The molecule has 26 heavy (non-hydrogen) atoms. The van der Waals surface area contributed by atoms with Gasteiger partial charge in [-0.2, -0.15) is 0 Å². The molecule has 1 aliphatic heterocycles. The second-order valence-electron chi connectivity index (χ2n) is 6.40. The van der Waals surface area contributed by atoms with Crippen molar-refractivity contribution in [2.24, 2.45) is 0 Å². The maximum absolute atomic E-state index is 12.3. The minimum Gasteiger partial charge on any atom is -0.378 e. The average Bonchev–Trinajstić information content (AvgIpc) is 2.69. The highest BCUT2D eigenvalue weighted by Gasteiger charge is 2.16. The first-order valence-corrected chi connectivity index (χ1v) is 8.99. The van der Waals surface area contributed by atoms with E-state index in [-0.39, 0.29) is 11.8 Å². The lowest BCUT2D eigenvalue weighted by atomic mass is 10.1. The maximum Gasteiger partial charge on any atom is 0.227 e. The van der Waals surface area contributed by atoms with Crippen molar-refractivity contribution in [3.8, 4) is 0 Å². The smallest absolute Gasteiger partial charge is 0.227 e. The number of hydrogen-bond donors (Lipinski definition) is 1. The van der Waals surface area contributed by atoms with E-state index in [1.54, 1.807) is 0 Å². The van der Waals surface area contributed by atoms with Gasteiger partial charge in [0.1, 0.15) is 0 Å². The average molecular weight is 352 g/mol. The zero-order valence-electron chi connectivity index (χ0n) is 14.8. The molecule has 1 aliphatic rings. The number of hydrogen-bond acceptors (Lipinski definition) is 3. The number of nitrogens with one attached hydrogen (secondary N) is 1. The summed E-state index contributed by atoms with van der Waals surface area (Å²) in [7, 11) is 0. The number of carbonyl (C=O) groups excluding carboxylic acids is 2. The highest BCUT2D eigenvalue weighted by molar-refractivity contribution is 5.90. The molecule has 3 rings (SSSR count). The molecule has 0 spiro atoms. The standard InChI is InChI=1S/C21H24N2O3/c24-20(11-8-17-4-2-1-3-5-17)22-19-9-6-18(7-10-19)16-21(25)23-12-14-26-15-13-23/h1-7,9-10H,8,11-16H2,(H,22,24). The van der Waals surface area contributed by atoms with Crippen LogP contribution in [0.3, 0.4) is 0 Å². The van der Waals surface area contributed by atoms with Gasteiger partial charge in [0.15, 0.2) is 0 Å². The molecule has 136 valence electrons. The van der Waals surface area contributed by atoms with Crippen molar-refractivity contribution in [1.82, 2.24) is 4.90 Å². The van der Waals surface area contributed by atoms with Gasteiger partial charge in [0.25, 0.3) is 0 Å². The quantitative estimate of drug-likeness (QED) is 0.869. The molecule has 0 radical (unpaired) electrons. The fourth-order valence-electron chi connectivity index (χ4n) is 2.93. The van der Waals surface area contributed by atoms with E-state index in [1.807, 2.05) is 59.5 Å². The molecule has 1 heterocycles. The van der Waals surface area contributed by atoms with Crippen LogP contribution in [0.2, 0.25) is 0 Å². The number of nitrogens with zero attached hydrogens (tertiary/aromatic N) is 1. The van der Waals surface area contributed by atoms with E-state index < -0.39 is 0 Å². The molecule has 2 aromatic carbocycles. The Morgan fingerprint density at radius 3 is 2.31 bits per heavy atom. The number of carbonyl (C=O) groups is 2. The van der Waals surface area contributed by atoms with Crippen LogP contribution in [0.4, 0.5) is 5.69 Å². The Morgan fingerprint density at radius 2 is 1.62 bits per heavy atom. The Balaban J connectivity index is 1.46. The molecule has 1 fully saturated rings. The van der Waals surface area contributed by atoms with Crippen molar-refractivity contribution >= 4 is 17.5 Å². The Bertz CT molecular complexity index is 723. The van der Waals surface area contributed by atoms with E-state index in [2.05, 4.69) is 5.32 Å². The van der Waals surface area contributed by atoms with E-state index >= 15 is 0 Å². The van der Waals surface area contributed by atoms with Gasteiger partial charge in [0.2, 0.25) is 11.8 Å². The minimum absolute atomic E-state index is 0.00834. The van der Waals surface area contributed by atoms with Gasteiger partial charge in [-0.1, -0.05) is 42.5 Å². The van der Waals surface area contributed by atoms with Crippen LogP contribution in [-0.2, 0) is 27.2 Å². The first-order valence-electron chi connectivity index (χ1n) is 8.99. The normalized spacial score (nSPS) is 14.1. The molecule has 0 bridgehead atoms. The zero-order valence-corrected chi connectivity index (χ0v) is 14.8. The Hall–Kier alpha value is -2.66. The number of amides is 2. The minimum atomic E-state index is -0.00834. The van der Waals surface area contributed by atoms with Crippen molar-refractivity contribution < 1.29 is 14.3 Å². The number of benzene rings is 2. The Morgan fingerprint density at radius 1 is 0.923 bits per heavy atom. The molecule has 2 aromatic rings. The third-order valence-corrected chi connectivity index (χ3v) is 4.44. The molecular weight excluding hydrogens is 328 g/mol. The van der Waals surface area contributed by atoms with Crippen molar-refractivity contribution in [1.29, 1.82) is 0 Å². The first-order chi connectivity index (χ1) is 12.7.